The Hall–Kier alpha value is -0.900. The van der Waals surface area contributed by atoms with E-state index < -0.39 is 5.82 Å². The van der Waals surface area contributed by atoms with Crippen LogP contribution in [-0.2, 0) is 11.3 Å². The number of halogens is 3. The molecule has 0 saturated heterocycles. The lowest BCUT2D eigenvalue weighted by Crippen LogP contribution is -1.93. The number of methoxy groups -OCH3 is 1. The van der Waals surface area contributed by atoms with Crippen molar-refractivity contribution in [3.05, 3.63) is 39.8 Å². The molecule has 1 aromatic carbocycles. The second-order valence-corrected chi connectivity index (χ2v) is 4.10. The topological polar surface area (TPSA) is 22.1 Å². The summed E-state index contributed by atoms with van der Waals surface area (Å²) in [5.41, 5.74) is 1.23. The molecule has 0 aliphatic carbocycles. The summed E-state index contributed by atoms with van der Waals surface area (Å²) in [6.07, 6.45) is 0. The van der Waals surface area contributed by atoms with Crippen molar-refractivity contribution in [1.29, 1.82) is 0 Å². The summed E-state index contributed by atoms with van der Waals surface area (Å²) < 4.78 is 18.2. The minimum absolute atomic E-state index is 0.0694. The summed E-state index contributed by atoms with van der Waals surface area (Å²) in [6.45, 7) is 0.358. The monoisotopic (exact) mass is 259 g/mol. The van der Waals surface area contributed by atoms with Gasteiger partial charge in [0.2, 0.25) is 0 Å². The normalized spacial score (nSPS) is 11.0. The van der Waals surface area contributed by atoms with Gasteiger partial charge in [0.15, 0.2) is 0 Å². The Morgan fingerprint density at radius 1 is 1.31 bits per heavy atom. The molecule has 0 N–H and O–H groups in total. The van der Waals surface area contributed by atoms with Crippen molar-refractivity contribution >= 4 is 34.1 Å². The van der Waals surface area contributed by atoms with Crippen LogP contribution in [0, 0.1) is 5.82 Å². The van der Waals surface area contributed by atoms with Crippen LogP contribution in [0.3, 0.4) is 0 Å². The number of fused-ring (bicyclic) bond motifs is 1. The molecule has 0 saturated carbocycles. The van der Waals surface area contributed by atoms with E-state index in [1.165, 1.54) is 12.1 Å². The minimum atomic E-state index is -0.503. The zero-order valence-electron chi connectivity index (χ0n) is 8.43. The fraction of sp³-hybridized carbons (Fsp3) is 0.182. The van der Waals surface area contributed by atoms with E-state index in [2.05, 4.69) is 4.98 Å². The van der Waals surface area contributed by atoms with Crippen LogP contribution in [-0.4, -0.2) is 12.1 Å². The number of hydrogen-bond acceptors (Lipinski definition) is 2. The third kappa shape index (κ3) is 2.12. The van der Waals surface area contributed by atoms with E-state index in [1.54, 1.807) is 13.2 Å². The van der Waals surface area contributed by atoms with E-state index in [9.17, 15) is 4.39 Å². The van der Waals surface area contributed by atoms with Crippen LogP contribution in [0.15, 0.2) is 18.2 Å². The molecule has 0 aliphatic rings. The third-order valence-corrected chi connectivity index (χ3v) is 2.80. The summed E-state index contributed by atoms with van der Waals surface area (Å²) in [7, 11) is 1.57. The molecule has 0 amide bonds. The molecule has 1 heterocycles. The SMILES string of the molecule is COCc1cc2cc(Cl)c(F)cc2nc1Cl. The van der Waals surface area contributed by atoms with Crippen LogP contribution in [0.1, 0.15) is 5.56 Å². The first-order valence-corrected chi connectivity index (χ1v) is 5.30. The van der Waals surface area contributed by atoms with Crippen LogP contribution in [0.4, 0.5) is 4.39 Å². The second kappa shape index (κ2) is 4.53. The lowest BCUT2D eigenvalue weighted by Gasteiger charge is -2.05. The molecule has 2 nitrogen and oxygen atoms in total. The number of hydrogen-bond donors (Lipinski definition) is 0. The van der Waals surface area contributed by atoms with Gasteiger partial charge in [-0.1, -0.05) is 23.2 Å². The predicted molar refractivity (Wildman–Crippen MR) is 62.4 cm³/mol. The van der Waals surface area contributed by atoms with Crippen molar-refractivity contribution in [2.75, 3.05) is 7.11 Å². The van der Waals surface area contributed by atoms with Crippen molar-refractivity contribution in [3.8, 4) is 0 Å². The molecule has 0 bridgehead atoms. The molecular weight excluding hydrogens is 252 g/mol. The molecule has 0 radical (unpaired) electrons. The molecular formula is C11H8Cl2FNO. The third-order valence-electron chi connectivity index (χ3n) is 2.18. The highest BCUT2D eigenvalue weighted by molar-refractivity contribution is 6.32. The van der Waals surface area contributed by atoms with Gasteiger partial charge in [0.05, 0.1) is 17.1 Å². The number of pyridine rings is 1. The highest BCUT2D eigenvalue weighted by atomic mass is 35.5. The highest BCUT2D eigenvalue weighted by Crippen LogP contribution is 2.25. The Labute approximate surface area is 102 Å². The fourth-order valence-corrected chi connectivity index (χ4v) is 1.82. The smallest absolute Gasteiger partial charge is 0.143 e. The number of benzene rings is 1. The standard InChI is InChI=1S/C11H8Cl2FNO/c1-16-5-7-2-6-3-8(12)9(14)4-10(6)15-11(7)13/h2-4H,5H2,1H3. The van der Waals surface area contributed by atoms with E-state index in [-0.39, 0.29) is 5.02 Å². The molecule has 0 unspecified atom stereocenters. The molecule has 16 heavy (non-hydrogen) atoms. The van der Waals surface area contributed by atoms with Gasteiger partial charge >= 0.3 is 0 Å². The number of ether oxygens (including phenoxy) is 1. The van der Waals surface area contributed by atoms with Gasteiger partial charge in [-0.3, -0.25) is 0 Å². The molecule has 2 rings (SSSR count). The van der Waals surface area contributed by atoms with E-state index in [0.29, 0.717) is 17.3 Å². The molecule has 1 aromatic heterocycles. The zero-order valence-corrected chi connectivity index (χ0v) is 9.94. The quantitative estimate of drug-likeness (QED) is 0.765. The maximum absolute atomic E-state index is 13.2. The number of rotatable bonds is 2. The summed E-state index contributed by atoms with van der Waals surface area (Å²) in [4.78, 5) is 4.08. The van der Waals surface area contributed by atoms with Gasteiger partial charge in [-0.05, 0) is 12.1 Å². The second-order valence-electron chi connectivity index (χ2n) is 3.33. The maximum atomic E-state index is 13.2. The largest absolute Gasteiger partial charge is 0.380 e. The predicted octanol–water partition coefficient (Wildman–Crippen LogP) is 3.83. The first-order chi connectivity index (χ1) is 7.61. The van der Waals surface area contributed by atoms with Crippen LogP contribution in [0.25, 0.3) is 10.9 Å². The van der Waals surface area contributed by atoms with Crippen molar-refractivity contribution in [2.45, 2.75) is 6.61 Å². The highest BCUT2D eigenvalue weighted by Gasteiger charge is 2.08. The van der Waals surface area contributed by atoms with Crippen molar-refractivity contribution in [1.82, 2.24) is 4.98 Å². The van der Waals surface area contributed by atoms with Gasteiger partial charge in [0.25, 0.3) is 0 Å². The van der Waals surface area contributed by atoms with Crippen LogP contribution < -0.4 is 0 Å². The molecule has 0 aliphatic heterocycles. The van der Waals surface area contributed by atoms with Crippen molar-refractivity contribution in [3.63, 3.8) is 0 Å². The molecule has 5 heteroatoms. The van der Waals surface area contributed by atoms with Crippen molar-refractivity contribution < 1.29 is 9.13 Å². The average molecular weight is 260 g/mol. The van der Waals surface area contributed by atoms with E-state index in [1.807, 2.05) is 0 Å². The van der Waals surface area contributed by atoms with Gasteiger partial charge in [-0.25, -0.2) is 9.37 Å². The zero-order chi connectivity index (χ0) is 11.7. The van der Waals surface area contributed by atoms with E-state index in [4.69, 9.17) is 27.9 Å². The van der Waals surface area contributed by atoms with E-state index >= 15 is 0 Å². The molecule has 2 aromatic rings. The van der Waals surface area contributed by atoms with Gasteiger partial charge in [-0.15, -0.1) is 0 Å². The van der Waals surface area contributed by atoms with Crippen molar-refractivity contribution in [2.24, 2.45) is 0 Å². The molecule has 0 atom stereocenters. The Morgan fingerprint density at radius 2 is 2.06 bits per heavy atom. The van der Waals surface area contributed by atoms with Gasteiger partial charge < -0.3 is 4.74 Å². The summed E-state index contributed by atoms with van der Waals surface area (Å²) in [5, 5.41) is 1.12. The van der Waals surface area contributed by atoms with Crippen LogP contribution in [0.5, 0.6) is 0 Å². The fourth-order valence-electron chi connectivity index (χ4n) is 1.45. The molecule has 0 fully saturated rings. The molecule has 0 spiro atoms. The number of nitrogens with zero attached hydrogens (tertiary/aromatic N) is 1. The first-order valence-electron chi connectivity index (χ1n) is 4.55. The van der Waals surface area contributed by atoms with Gasteiger partial charge in [0, 0.05) is 24.1 Å². The summed E-state index contributed by atoms with van der Waals surface area (Å²) >= 11 is 11.6. The summed E-state index contributed by atoms with van der Waals surface area (Å²) in [6, 6.07) is 4.58. The van der Waals surface area contributed by atoms with Gasteiger partial charge in [0.1, 0.15) is 11.0 Å². The lowest BCUT2D eigenvalue weighted by molar-refractivity contribution is 0.185. The summed E-state index contributed by atoms with van der Waals surface area (Å²) in [5.74, 6) is -0.503. The van der Waals surface area contributed by atoms with Gasteiger partial charge in [-0.2, -0.15) is 0 Å². The van der Waals surface area contributed by atoms with E-state index in [0.717, 1.165) is 10.9 Å². The Kier molecular flexibility index (Phi) is 3.28. The van der Waals surface area contributed by atoms with Crippen LogP contribution in [0.2, 0.25) is 10.2 Å². The molecule has 84 valence electrons. The Balaban J connectivity index is 2.65. The van der Waals surface area contributed by atoms with Crippen LogP contribution >= 0.6 is 23.2 Å². The number of aromatic nitrogens is 1. The minimum Gasteiger partial charge on any atom is -0.380 e. The first kappa shape index (κ1) is 11.6. The average Bonchev–Trinajstić information content (AvgIpc) is 2.23. The Morgan fingerprint density at radius 3 is 2.75 bits per heavy atom. The lowest BCUT2D eigenvalue weighted by atomic mass is 10.1. The maximum Gasteiger partial charge on any atom is 0.143 e. The Bertz CT molecular complexity index is 545.